The van der Waals surface area contributed by atoms with Crippen LogP contribution in [0.3, 0.4) is 0 Å². The van der Waals surface area contributed by atoms with Gasteiger partial charge in [-0.3, -0.25) is 0 Å². The van der Waals surface area contributed by atoms with Gasteiger partial charge in [-0.1, -0.05) is 18.2 Å². The molecule has 0 aliphatic heterocycles. The first-order chi connectivity index (χ1) is 8.16. The highest BCUT2D eigenvalue weighted by Gasteiger charge is 2.15. The van der Waals surface area contributed by atoms with Gasteiger partial charge >= 0.3 is 5.97 Å². The first-order valence-electron chi connectivity index (χ1n) is 5.39. The van der Waals surface area contributed by atoms with E-state index in [1.807, 2.05) is 30.3 Å². The van der Waals surface area contributed by atoms with Crippen molar-refractivity contribution >= 4 is 5.97 Å². The van der Waals surface area contributed by atoms with E-state index < -0.39 is 5.97 Å². The number of esters is 1. The molecule has 2 rings (SSSR count). The van der Waals surface area contributed by atoms with Crippen LogP contribution in [-0.2, 0) is 4.74 Å². The number of hydrogen-bond donors (Lipinski definition) is 0. The summed E-state index contributed by atoms with van der Waals surface area (Å²) < 4.78 is 10.3. The second-order valence-corrected chi connectivity index (χ2v) is 3.86. The van der Waals surface area contributed by atoms with Crippen LogP contribution in [-0.4, -0.2) is 17.1 Å². The Labute approximate surface area is 99.2 Å². The van der Waals surface area contributed by atoms with E-state index >= 15 is 0 Å². The van der Waals surface area contributed by atoms with E-state index in [0.29, 0.717) is 5.89 Å². The molecule has 0 bridgehead atoms. The van der Waals surface area contributed by atoms with Gasteiger partial charge in [0, 0.05) is 5.56 Å². The predicted octanol–water partition coefficient (Wildman–Crippen LogP) is 2.91. The molecule has 0 fully saturated rings. The van der Waals surface area contributed by atoms with E-state index in [0.717, 1.165) is 5.56 Å². The standard InChI is InChI=1S/C13H13NO3/c1-9(2)17-13(15)11-8-16-12(14-11)10-6-4-3-5-7-10/h3-9H,1-2H3. The average Bonchev–Trinajstić information content (AvgIpc) is 2.78. The third kappa shape index (κ3) is 2.72. The van der Waals surface area contributed by atoms with Crippen molar-refractivity contribution in [2.75, 3.05) is 0 Å². The molecule has 0 aliphatic carbocycles. The van der Waals surface area contributed by atoms with Crippen molar-refractivity contribution in [3.8, 4) is 11.5 Å². The van der Waals surface area contributed by atoms with E-state index in [2.05, 4.69) is 4.98 Å². The van der Waals surface area contributed by atoms with Crippen molar-refractivity contribution in [1.29, 1.82) is 0 Å². The van der Waals surface area contributed by atoms with Crippen LogP contribution in [0.4, 0.5) is 0 Å². The summed E-state index contributed by atoms with van der Waals surface area (Å²) in [5, 5.41) is 0. The van der Waals surface area contributed by atoms with Crippen LogP contribution in [0.15, 0.2) is 41.0 Å². The van der Waals surface area contributed by atoms with E-state index in [4.69, 9.17) is 9.15 Å². The van der Waals surface area contributed by atoms with Gasteiger partial charge in [-0.15, -0.1) is 0 Å². The predicted molar refractivity (Wildman–Crippen MR) is 62.5 cm³/mol. The van der Waals surface area contributed by atoms with Gasteiger partial charge < -0.3 is 9.15 Å². The van der Waals surface area contributed by atoms with Crippen molar-refractivity contribution in [2.45, 2.75) is 20.0 Å². The van der Waals surface area contributed by atoms with Crippen molar-refractivity contribution in [1.82, 2.24) is 4.98 Å². The third-order valence-corrected chi connectivity index (χ3v) is 2.08. The first-order valence-corrected chi connectivity index (χ1v) is 5.39. The Kier molecular flexibility index (Phi) is 3.23. The summed E-state index contributed by atoms with van der Waals surface area (Å²) in [5.74, 6) is -0.0489. The Morgan fingerprint density at radius 2 is 2.00 bits per heavy atom. The highest BCUT2D eigenvalue weighted by molar-refractivity contribution is 5.87. The number of ether oxygens (including phenoxy) is 1. The molecule has 17 heavy (non-hydrogen) atoms. The SMILES string of the molecule is CC(C)OC(=O)c1coc(-c2ccccc2)n1. The lowest BCUT2D eigenvalue weighted by Gasteiger charge is -2.04. The summed E-state index contributed by atoms with van der Waals surface area (Å²) in [6.45, 7) is 3.58. The highest BCUT2D eigenvalue weighted by atomic mass is 16.5. The molecule has 0 saturated heterocycles. The normalized spacial score (nSPS) is 10.5. The molecular formula is C13H13NO3. The van der Waals surface area contributed by atoms with Crippen molar-refractivity contribution in [3.63, 3.8) is 0 Å². The summed E-state index contributed by atoms with van der Waals surface area (Å²) in [4.78, 5) is 15.6. The molecule has 0 radical (unpaired) electrons. The van der Waals surface area contributed by atoms with E-state index in [1.54, 1.807) is 13.8 Å². The lowest BCUT2D eigenvalue weighted by Crippen LogP contribution is -2.11. The second-order valence-electron chi connectivity index (χ2n) is 3.86. The number of aromatic nitrogens is 1. The summed E-state index contributed by atoms with van der Waals surface area (Å²) >= 11 is 0. The van der Waals surface area contributed by atoms with Crippen LogP contribution in [0, 0.1) is 0 Å². The minimum Gasteiger partial charge on any atom is -0.458 e. The minimum absolute atomic E-state index is 0.167. The Balaban J connectivity index is 2.19. The fraction of sp³-hybridized carbons (Fsp3) is 0.231. The Bertz CT molecular complexity index is 502. The zero-order valence-electron chi connectivity index (χ0n) is 9.71. The van der Waals surface area contributed by atoms with Gasteiger partial charge in [0.25, 0.3) is 0 Å². The molecule has 0 unspecified atom stereocenters. The first kappa shape index (κ1) is 11.4. The largest absolute Gasteiger partial charge is 0.458 e. The fourth-order valence-electron chi connectivity index (χ4n) is 1.36. The van der Waals surface area contributed by atoms with Gasteiger partial charge in [0.1, 0.15) is 6.26 Å². The molecule has 1 aromatic carbocycles. The van der Waals surface area contributed by atoms with Crippen LogP contribution in [0.25, 0.3) is 11.5 Å². The van der Waals surface area contributed by atoms with E-state index in [-0.39, 0.29) is 11.8 Å². The van der Waals surface area contributed by atoms with Crippen LogP contribution < -0.4 is 0 Å². The smallest absolute Gasteiger partial charge is 0.360 e. The maximum atomic E-state index is 11.6. The number of carbonyl (C=O) groups is 1. The lowest BCUT2D eigenvalue weighted by molar-refractivity contribution is 0.0371. The van der Waals surface area contributed by atoms with Gasteiger partial charge in [0.2, 0.25) is 5.89 Å². The highest BCUT2D eigenvalue weighted by Crippen LogP contribution is 2.18. The number of benzene rings is 1. The topological polar surface area (TPSA) is 52.3 Å². The monoisotopic (exact) mass is 231 g/mol. The number of carbonyl (C=O) groups excluding carboxylic acids is 1. The average molecular weight is 231 g/mol. The van der Waals surface area contributed by atoms with Gasteiger partial charge in [0.05, 0.1) is 6.10 Å². The van der Waals surface area contributed by atoms with Gasteiger partial charge in [-0.05, 0) is 26.0 Å². The number of nitrogens with zero attached hydrogens (tertiary/aromatic N) is 1. The molecule has 0 spiro atoms. The fourth-order valence-corrected chi connectivity index (χ4v) is 1.36. The van der Waals surface area contributed by atoms with Crippen molar-refractivity contribution in [3.05, 3.63) is 42.3 Å². The molecule has 0 N–H and O–H groups in total. The molecule has 88 valence electrons. The molecule has 1 heterocycles. The van der Waals surface area contributed by atoms with Crippen LogP contribution in [0.5, 0.6) is 0 Å². The van der Waals surface area contributed by atoms with Crippen LogP contribution in [0.1, 0.15) is 24.3 Å². The molecule has 2 aromatic rings. The third-order valence-electron chi connectivity index (χ3n) is 2.08. The Hall–Kier alpha value is -2.10. The molecule has 0 saturated carbocycles. The molecule has 0 amide bonds. The Morgan fingerprint density at radius 3 is 2.65 bits per heavy atom. The molecule has 4 nitrogen and oxygen atoms in total. The maximum absolute atomic E-state index is 11.6. The Morgan fingerprint density at radius 1 is 1.29 bits per heavy atom. The van der Waals surface area contributed by atoms with Crippen molar-refractivity contribution in [2.24, 2.45) is 0 Å². The number of hydrogen-bond acceptors (Lipinski definition) is 4. The molecule has 0 aliphatic rings. The van der Waals surface area contributed by atoms with Gasteiger partial charge in [-0.2, -0.15) is 0 Å². The molecular weight excluding hydrogens is 218 g/mol. The zero-order valence-corrected chi connectivity index (χ0v) is 9.71. The number of rotatable bonds is 3. The second kappa shape index (κ2) is 4.82. The summed E-state index contributed by atoms with van der Waals surface area (Å²) in [7, 11) is 0. The van der Waals surface area contributed by atoms with Crippen LogP contribution in [0.2, 0.25) is 0 Å². The maximum Gasteiger partial charge on any atom is 0.360 e. The molecule has 4 heteroatoms. The summed E-state index contributed by atoms with van der Waals surface area (Å²) in [6.07, 6.45) is 1.15. The van der Waals surface area contributed by atoms with E-state index in [1.165, 1.54) is 6.26 Å². The summed E-state index contributed by atoms with van der Waals surface area (Å²) in [5.41, 5.74) is 1.02. The van der Waals surface area contributed by atoms with Crippen molar-refractivity contribution < 1.29 is 13.9 Å². The van der Waals surface area contributed by atoms with Gasteiger partial charge in [0.15, 0.2) is 5.69 Å². The quantitative estimate of drug-likeness (QED) is 0.762. The van der Waals surface area contributed by atoms with Crippen LogP contribution >= 0.6 is 0 Å². The zero-order chi connectivity index (χ0) is 12.3. The van der Waals surface area contributed by atoms with Gasteiger partial charge in [-0.25, -0.2) is 9.78 Å². The lowest BCUT2D eigenvalue weighted by atomic mass is 10.2. The number of oxazole rings is 1. The summed E-state index contributed by atoms with van der Waals surface area (Å²) in [6, 6.07) is 9.39. The molecule has 0 atom stereocenters. The molecule has 1 aromatic heterocycles. The van der Waals surface area contributed by atoms with E-state index in [9.17, 15) is 4.79 Å². The minimum atomic E-state index is -0.467.